The standard InChI is InChI=1S/C20H29NO5S/c1-7-25-19(24)16-14-9-8-13(20(4,5)6)10-15(14)27-18(16)21-17(23)11(2)26-12(3)22/h11,13H,7-10H2,1-6H3,(H,21,23)/t11-,13?/m0/s1. The quantitative estimate of drug-likeness (QED) is 0.763. The predicted molar refractivity (Wildman–Crippen MR) is 105 cm³/mol. The lowest BCUT2D eigenvalue weighted by molar-refractivity contribution is -0.150. The minimum absolute atomic E-state index is 0.180. The first-order valence-corrected chi connectivity index (χ1v) is 10.2. The monoisotopic (exact) mass is 395 g/mol. The van der Waals surface area contributed by atoms with Crippen molar-refractivity contribution in [1.82, 2.24) is 0 Å². The molecule has 27 heavy (non-hydrogen) atoms. The summed E-state index contributed by atoms with van der Waals surface area (Å²) in [6.07, 6.45) is 1.73. The lowest BCUT2D eigenvalue weighted by atomic mass is 9.72. The van der Waals surface area contributed by atoms with Gasteiger partial charge in [0.15, 0.2) is 6.10 Å². The van der Waals surface area contributed by atoms with Crippen LogP contribution in [0, 0.1) is 11.3 Å². The van der Waals surface area contributed by atoms with Crippen LogP contribution in [0.15, 0.2) is 0 Å². The van der Waals surface area contributed by atoms with E-state index in [0.29, 0.717) is 16.5 Å². The van der Waals surface area contributed by atoms with Gasteiger partial charge in [-0.25, -0.2) is 4.79 Å². The molecule has 1 heterocycles. The molecule has 0 aliphatic heterocycles. The van der Waals surface area contributed by atoms with Gasteiger partial charge in [-0.1, -0.05) is 20.8 Å². The van der Waals surface area contributed by atoms with Crippen molar-refractivity contribution in [1.29, 1.82) is 0 Å². The van der Waals surface area contributed by atoms with Crippen LogP contribution in [0.4, 0.5) is 5.00 Å². The molecule has 0 bridgehead atoms. The van der Waals surface area contributed by atoms with Gasteiger partial charge < -0.3 is 14.8 Å². The Hall–Kier alpha value is -1.89. The van der Waals surface area contributed by atoms with Crippen LogP contribution in [-0.2, 0) is 31.9 Å². The molecule has 0 saturated heterocycles. The van der Waals surface area contributed by atoms with E-state index in [0.717, 1.165) is 29.7 Å². The van der Waals surface area contributed by atoms with E-state index in [4.69, 9.17) is 9.47 Å². The molecule has 0 radical (unpaired) electrons. The van der Waals surface area contributed by atoms with Gasteiger partial charge in [0.25, 0.3) is 5.91 Å². The van der Waals surface area contributed by atoms with Gasteiger partial charge in [-0.2, -0.15) is 0 Å². The molecule has 7 heteroatoms. The lowest BCUT2D eigenvalue weighted by Crippen LogP contribution is -2.29. The van der Waals surface area contributed by atoms with Gasteiger partial charge in [0.2, 0.25) is 0 Å². The number of rotatable bonds is 5. The molecule has 0 saturated carbocycles. The Morgan fingerprint density at radius 2 is 1.96 bits per heavy atom. The SMILES string of the molecule is CCOC(=O)c1c(NC(=O)[C@H](C)OC(C)=O)sc2c1CCC(C(C)(C)C)C2. The molecule has 2 rings (SSSR count). The maximum absolute atomic E-state index is 12.6. The molecule has 150 valence electrons. The molecule has 1 aromatic heterocycles. The van der Waals surface area contributed by atoms with E-state index < -0.39 is 23.9 Å². The molecule has 1 N–H and O–H groups in total. The largest absolute Gasteiger partial charge is 0.462 e. The van der Waals surface area contributed by atoms with Crippen LogP contribution in [-0.4, -0.2) is 30.6 Å². The zero-order chi connectivity index (χ0) is 20.4. The molecular formula is C20H29NO5S. The number of fused-ring (bicyclic) bond motifs is 1. The molecule has 0 spiro atoms. The number of anilines is 1. The van der Waals surface area contributed by atoms with Crippen LogP contribution < -0.4 is 5.32 Å². The number of esters is 2. The molecule has 1 aliphatic carbocycles. The summed E-state index contributed by atoms with van der Waals surface area (Å²) in [7, 11) is 0. The van der Waals surface area contributed by atoms with Crippen LogP contribution >= 0.6 is 11.3 Å². The topological polar surface area (TPSA) is 81.7 Å². The number of nitrogens with one attached hydrogen (secondary N) is 1. The zero-order valence-electron chi connectivity index (χ0n) is 16.9. The molecule has 1 aliphatic rings. The molecule has 1 amide bonds. The molecule has 1 unspecified atom stereocenters. The second kappa shape index (κ2) is 8.42. The fraction of sp³-hybridized carbons (Fsp3) is 0.650. The maximum Gasteiger partial charge on any atom is 0.341 e. The summed E-state index contributed by atoms with van der Waals surface area (Å²) in [5, 5.41) is 3.25. The normalized spacial score (nSPS) is 17.6. The van der Waals surface area contributed by atoms with E-state index in [1.54, 1.807) is 6.92 Å². The first kappa shape index (κ1) is 21.4. The van der Waals surface area contributed by atoms with Crippen molar-refractivity contribution in [3.63, 3.8) is 0 Å². The van der Waals surface area contributed by atoms with Crippen LogP contribution in [0.1, 0.15) is 68.8 Å². The van der Waals surface area contributed by atoms with Crippen molar-refractivity contribution in [3.8, 4) is 0 Å². The fourth-order valence-electron chi connectivity index (χ4n) is 3.35. The summed E-state index contributed by atoms with van der Waals surface area (Å²) < 4.78 is 10.2. The minimum atomic E-state index is -0.931. The highest BCUT2D eigenvalue weighted by Gasteiger charge is 2.34. The number of ether oxygens (including phenoxy) is 2. The number of carbonyl (C=O) groups is 3. The summed E-state index contributed by atoms with van der Waals surface area (Å²) >= 11 is 1.43. The minimum Gasteiger partial charge on any atom is -0.462 e. The number of hydrogen-bond donors (Lipinski definition) is 1. The number of carbonyl (C=O) groups excluding carboxylic acids is 3. The summed E-state index contributed by atoms with van der Waals surface area (Å²) in [5.41, 5.74) is 1.61. The van der Waals surface area contributed by atoms with Crippen molar-refractivity contribution in [3.05, 3.63) is 16.0 Å². The van der Waals surface area contributed by atoms with Crippen LogP contribution in [0.3, 0.4) is 0 Å². The summed E-state index contributed by atoms with van der Waals surface area (Å²) in [5.74, 6) is -0.884. The van der Waals surface area contributed by atoms with Crippen molar-refractivity contribution >= 4 is 34.2 Å². The van der Waals surface area contributed by atoms with Crippen LogP contribution in [0.5, 0.6) is 0 Å². The predicted octanol–water partition coefficient (Wildman–Crippen LogP) is 3.97. The fourth-order valence-corrected chi connectivity index (χ4v) is 4.67. The second-order valence-electron chi connectivity index (χ2n) is 7.98. The van der Waals surface area contributed by atoms with Gasteiger partial charge in [0, 0.05) is 11.8 Å². The second-order valence-corrected chi connectivity index (χ2v) is 9.08. The molecule has 0 aromatic carbocycles. The maximum atomic E-state index is 12.6. The molecule has 6 nitrogen and oxygen atoms in total. The van der Waals surface area contributed by atoms with E-state index in [9.17, 15) is 14.4 Å². The Morgan fingerprint density at radius 3 is 2.52 bits per heavy atom. The average Bonchev–Trinajstić information content (AvgIpc) is 2.90. The van der Waals surface area contributed by atoms with Gasteiger partial charge >= 0.3 is 11.9 Å². The number of amides is 1. The number of thiophene rings is 1. The summed E-state index contributed by atoms with van der Waals surface area (Å²) in [6.45, 7) is 11.5. The van der Waals surface area contributed by atoms with Crippen molar-refractivity contribution in [2.75, 3.05) is 11.9 Å². The average molecular weight is 396 g/mol. The molecular weight excluding hydrogens is 366 g/mol. The van der Waals surface area contributed by atoms with Gasteiger partial charge in [0.05, 0.1) is 12.2 Å². The highest BCUT2D eigenvalue weighted by atomic mass is 32.1. The number of hydrogen-bond acceptors (Lipinski definition) is 6. The molecule has 2 atom stereocenters. The van der Waals surface area contributed by atoms with Crippen molar-refractivity contribution in [2.45, 2.75) is 66.9 Å². The van der Waals surface area contributed by atoms with Crippen molar-refractivity contribution < 1.29 is 23.9 Å². The van der Waals surface area contributed by atoms with E-state index in [1.807, 2.05) is 0 Å². The zero-order valence-corrected chi connectivity index (χ0v) is 17.7. The lowest BCUT2D eigenvalue weighted by Gasteiger charge is -2.33. The van der Waals surface area contributed by atoms with Gasteiger partial charge in [0.1, 0.15) is 5.00 Å². The van der Waals surface area contributed by atoms with Gasteiger partial charge in [-0.15, -0.1) is 11.3 Å². The molecule has 0 fully saturated rings. The third-order valence-corrected chi connectivity index (χ3v) is 6.09. The van der Waals surface area contributed by atoms with Crippen LogP contribution in [0.2, 0.25) is 0 Å². The van der Waals surface area contributed by atoms with E-state index in [2.05, 4.69) is 26.1 Å². The summed E-state index contributed by atoms with van der Waals surface area (Å²) in [4.78, 5) is 37.1. The Labute approximate surface area is 164 Å². The van der Waals surface area contributed by atoms with Crippen molar-refractivity contribution in [2.24, 2.45) is 11.3 Å². The van der Waals surface area contributed by atoms with E-state index in [-0.39, 0.29) is 12.0 Å². The first-order chi connectivity index (χ1) is 12.5. The Balaban J connectivity index is 2.34. The smallest absolute Gasteiger partial charge is 0.341 e. The Morgan fingerprint density at radius 1 is 1.30 bits per heavy atom. The first-order valence-electron chi connectivity index (χ1n) is 9.34. The van der Waals surface area contributed by atoms with Gasteiger partial charge in [-0.05, 0) is 50.0 Å². The van der Waals surface area contributed by atoms with Crippen LogP contribution in [0.25, 0.3) is 0 Å². The Kier molecular flexibility index (Phi) is 6.68. The highest BCUT2D eigenvalue weighted by Crippen LogP contribution is 2.44. The highest BCUT2D eigenvalue weighted by molar-refractivity contribution is 7.17. The third-order valence-electron chi connectivity index (χ3n) is 4.92. The van der Waals surface area contributed by atoms with E-state index >= 15 is 0 Å². The summed E-state index contributed by atoms with van der Waals surface area (Å²) in [6, 6.07) is 0. The Bertz CT molecular complexity index is 731. The molecule has 1 aromatic rings. The van der Waals surface area contributed by atoms with Gasteiger partial charge in [-0.3, -0.25) is 9.59 Å². The van der Waals surface area contributed by atoms with E-state index in [1.165, 1.54) is 25.2 Å². The third kappa shape index (κ3) is 5.09.